The average molecular weight is 336 g/mol. The summed E-state index contributed by atoms with van der Waals surface area (Å²) in [6, 6.07) is 11.4. The summed E-state index contributed by atoms with van der Waals surface area (Å²) in [5.74, 6) is 0.505. The highest BCUT2D eigenvalue weighted by molar-refractivity contribution is 14.1. The van der Waals surface area contributed by atoms with Crippen LogP contribution in [0.3, 0.4) is 0 Å². The van der Waals surface area contributed by atoms with E-state index in [4.69, 9.17) is 11.0 Å². The van der Waals surface area contributed by atoms with Crippen molar-refractivity contribution >= 4 is 39.8 Å². The Bertz CT molecular complexity index is 572. The van der Waals surface area contributed by atoms with Crippen LogP contribution in [0.2, 0.25) is 0 Å². The standard InChI is InChI=1S/C12H9IN4/c13-9-1-3-10(4-2-9)17-12-11(15)8(7-14)5-6-16-12/h1-6H,15H2,(H,16,17). The summed E-state index contributed by atoms with van der Waals surface area (Å²) in [5, 5.41) is 11.9. The average Bonchev–Trinajstić information content (AvgIpc) is 2.35. The van der Waals surface area contributed by atoms with Gasteiger partial charge in [0.2, 0.25) is 0 Å². The molecule has 1 heterocycles. The van der Waals surface area contributed by atoms with Gasteiger partial charge in [0.25, 0.3) is 0 Å². The fourth-order valence-corrected chi connectivity index (χ4v) is 1.70. The van der Waals surface area contributed by atoms with Crippen LogP contribution in [0.1, 0.15) is 5.56 Å². The Kier molecular flexibility index (Phi) is 3.44. The maximum Gasteiger partial charge on any atom is 0.154 e. The van der Waals surface area contributed by atoms with Gasteiger partial charge in [0.05, 0.1) is 11.3 Å². The Balaban J connectivity index is 2.31. The number of hydrogen-bond acceptors (Lipinski definition) is 4. The Morgan fingerprint density at radius 2 is 1.94 bits per heavy atom. The van der Waals surface area contributed by atoms with Crippen LogP contribution in [0.25, 0.3) is 0 Å². The zero-order valence-corrected chi connectivity index (χ0v) is 11.0. The van der Waals surface area contributed by atoms with E-state index in [1.807, 2.05) is 30.3 Å². The zero-order valence-electron chi connectivity index (χ0n) is 8.81. The lowest BCUT2D eigenvalue weighted by Gasteiger charge is -2.08. The summed E-state index contributed by atoms with van der Waals surface area (Å²) in [7, 11) is 0. The van der Waals surface area contributed by atoms with Gasteiger partial charge in [-0.1, -0.05) is 0 Å². The zero-order chi connectivity index (χ0) is 12.3. The summed E-state index contributed by atoms with van der Waals surface area (Å²) >= 11 is 2.23. The predicted octanol–water partition coefficient (Wildman–Crippen LogP) is 2.88. The van der Waals surface area contributed by atoms with E-state index in [1.54, 1.807) is 12.3 Å². The molecule has 0 atom stereocenters. The molecule has 5 heteroatoms. The Hall–Kier alpha value is -1.81. The second-order valence-electron chi connectivity index (χ2n) is 3.36. The van der Waals surface area contributed by atoms with Crippen LogP contribution >= 0.6 is 22.6 Å². The first kappa shape index (κ1) is 11.7. The number of anilines is 3. The molecule has 1 aromatic heterocycles. The molecule has 0 amide bonds. The third-order valence-electron chi connectivity index (χ3n) is 2.22. The largest absolute Gasteiger partial charge is 0.395 e. The number of nitrogens with zero attached hydrogens (tertiary/aromatic N) is 2. The number of nitrogen functional groups attached to an aromatic ring is 1. The lowest BCUT2D eigenvalue weighted by Crippen LogP contribution is -2.01. The van der Waals surface area contributed by atoms with Crippen LogP contribution in [-0.2, 0) is 0 Å². The molecule has 17 heavy (non-hydrogen) atoms. The molecule has 0 aliphatic rings. The molecule has 2 rings (SSSR count). The van der Waals surface area contributed by atoms with Gasteiger partial charge in [-0.15, -0.1) is 0 Å². The van der Waals surface area contributed by atoms with Crippen LogP contribution in [0.5, 0.6) is 0 Å². The lowest BCUT2D eigenvalue weighted by molar-refractivity contribution is 1.30. The third kappa shape index (κ3) is 2.65. The van der Waals surface area contributed by atoms with Gasteiger partial charge in [-0.3, -0.25) is 0 Å². The highest BCUT2D eigenvalue weighted by Crippen LogP contribution is 2.23. The van der Waals surface area contributed by atoms with Gasteiger partial charge in [0.1, 0.15) is 6.07 Å². The molecule has 0 aliphatic carbocycles. The van der Waals surface area contributed by atoms with Crippen LogP contribution < -0.4 is 11.1 Å². The molecule has 0 saturated carbocycles. The molecule has 0 saturated heterocycles. The summed E-state index contributed by atoms with van der Waals surface area (Å²) in [6.07, 6.45) is 1.56. The summed E-state index contributed by atoms with van der Waals surface area (Å²) < 4.78 is 1.15. The smallest absolute Gasteiger partial charge is 0.154 e. The van der Waals surface area contributed by atoms with Gasteiger partial charge in [-0.25, -0.2) is 4.98 Å². The Morgan fingerprint density at radius 3 is 2.59 bits per heavy atom. The molecule has 0 spiro atoms. The molecule has 1 aromatic carbocycles. The van der Waals surface area contributed by atoms with E-state index in [0.29, 0.717) is 17.1 Å². The van der Waals surface area contributed by atoms with Crippen LogP contribution in [0.15, 0.2) is 36.5 Å². The highest BCUT2D eigenvalue weighted by Gasteiger charge is 2.05. The molecule has 2 aromatic rings. The highest BCUT2D eigenvalue weighted by atomic mass is 127. The molecular formula is C12H9IN4. The Morgan fingerprint density at radius 1 is 1.24 bits per heavy atom. The topological polar surface area (TPSA) is 74.7 Å². The van der Waals surface area contributed by atoms with E-state index in [1.165, 1.54) is 0 Å². The fourth-order valence-electron chi connectivity index (χ4n) is 1.34. The van der Waals surface area contributed by atoms with E-state index in [2.05, 4.69) is 32.9 Å². The number of benzene rings is 1. The van der Waals surface area contributed by atoms with Gasteiger partial charge < -0.3 is 11.1 Å². The molecule has 4 nitrogen and oxygen atoms in total. The van der Waals surface area contributed by atoms with Gasteiger partial charge in [-0.2, -0.15) is 5.26 Å². The molecule has 0 radical (unpaired) electrons. The van der Waals surface area contributed by atoms with E-state index >= 15 is 0 Å². The molecular weight excluding hydrogens is 327 g/mol. The van der Waals surface area contributed by atoms with Gasteiger partial charge in [0, 0.05) is 15.5 Å². The molecule has 0 bridgehead atoms. The van der Waals surface area contributed by atoms with Crippen LogP contribution in [0.4, 0.5) is 17.2 Å². The minimum Gasteiger partial charge on any atom is -0.395 e. The van der Waals surface area contributed by atoms with Gasteiger partial charge in [0.15, 0.2) is 5.82 Å². The minimum absolute atomic E-state index is 0.369. The van der Waals surface area contributed by atoms with Crippen molar-refractivity contribution in [3.05, 3.63) is 45.7 Å². The van der Waals surface area contributed by atoms with E-state index in [0.717, 1.165) is 9.26 Å². The molecule has 0 aliphatic heterocycles. The molecule has 3 N–H and O–H groups in total. The molecule has 84 valence electrons. The summed E-state index contributed by atoms with van der Waals surface area (Å²) in [4.78, 5) is 4.12. The Labute approximate surface area is 113 Å². The fraction of sp³-hybridized carbons (Fsp3) is 0. The molecule has 0 unspecified atom stereocenters. The normalized spacial score (nSPS) is 9.65. The number of rotatable bonds is 2. The first-order valence-electron chi connectivity index (χ1n) is 4.88. The summed E-state index contributed by atoms with van der Waals surface area (Å²) in [5.41, 5.74) is 7.50. The monoisotopic (exact) mass is 336 g/mol. The van der Waals surface area contributed by atoms with Crippen molar-refractivity contribution < 1.29 is 0 Å². The van der Waals surface area contributed by atoms with Gasteiger partial charge in [-0.05, 0) is 52.9 Å². The second kappa shape index (κ2) is 5.01. The van der Waals surface area contributed by atoms with Crippen molar-refractivity contribution in [3.8, 4) is 6.07 Å². The maximum atomic E-state index is 8.86. The van der Waals surface area contributed by atoms with E-state index < -0.39 is 0 Å². The predicted molar refractivity (Wildman–Crippen MR) is 75.8 cm³/mol. The van der Waals surface area contributed by atoms with Crippen molar-refractivity contribution in [2.24, 2.45) is 0 Å². The third-order valence-corrected chi connectivity index (χ3v) is 2.94. The molecule has 0 fully saturated rings. The number of halogens is 1. The number of aromatic nitrogens is 1. The summed E-state index contributed by atoms with van der Waals surface area (Å²) in [6.45, 7) is 0. The van der Waals surface area contributed by atoms with Crippen molar-refractivity contribution in [1.29, 1.82) is 5.26 Å². The number of nitrogens with one attached hydrogen (secondary N) is 1. The number of pyridine rings is 1. The van der Waals surface area contributed by atoms with Crippen molar-refractivity contribution in [1.82, 2.24) is 4.98 Å². The van der Waals surface area contributed by atoms with E-state index in [9.17, 15) is 0 Å². The maximum absolute atomic E-state index is 8.86. The van der Waals surface area contributed by atoms with Gasteiger partial charge >= 0.3 is 0 Å². The van der Waals surface area contributed by atoms with Crippen molar-refractivity contribution in [3.63, 3.8) is 0 Å². The van der Waals surface area contributed by atoms with Crippen molar-refractivity contribution in [2.45, 2.75) is 0 Å². The number of nitrogens with two attached hydrogens (primary N) is 1. The minimum atomic E-state index is 0.369. The van der Waals surface area contributed by atoms with Crippen molar-refractivity contribution in [2.75, 3.05) is 11.1 Å². The van der Waals surface area contributed by atoms with Crippen LogP contribution in [0, 0.1) is 14.9 Å². The number of nitriles is 1. The lowest BCUT2D eigenvalue weighted by atomic mass is 10.2. The first-order valence-corrected chi connectivity index (χ1v) is 5.96. The number of hydrogen-bond donors (Lipinski definition) is 2. The first-order chi connectivity index (χ1) is 8.20. The van der Waals surface area contributed by atoms with E-state index in [-0.39, 0.29) is 0 Å². The quantitative estimate of drug-likeness (QED) is 0.827. The SMILES string of the molecule is N#Cc1ccnc(Nc2ccc(I)cc2)c1N. The van der Waals surface area contributed by atoms with Crippen LogP contribution in [-0.4, -0.2) is 4.98 Å². The second-order valence-corrected chi connectivity index (χ2v) is 4.61.